The van der Waals surface area contributed by atoms with Crippen molar-refractivity contribution >= 4 is 16.7 Å². The first kappa shape index (κ1) is 9.98. The summed E-state index contributed by atoms with van der Waals surface area (Å²) in [4.78, 5) is 6.49. The fourth-order valence-corrected chi connectivity index (χ4v) is 1.80. The van der Waals surface area contributed by atoms with Gasteiger partial charge < -0.3 is 15.2 Å². The normalized spacial score (nSPS) is 10.9. The number of aromatic nitrogens is 2. The largest absolute Gasteiger partial charge is 0.357 e. The molecule has 0 aromatic carbocycles. The van der Waals surface area contributed by atoms with Crippen molar-refractivity contribution in [3.63, 3.8) is 0 Å². The van der Waals surface area contributed by atoms with E-state index in [1.165, 1.54) is 5.39 Å². The summed E-state index contributed by atoms with van der Waals surface area (Å²) in [6, 6.07) is 4.12. The first-order valence-electron chi connectivity index (χ1n) is 5.05. The van der Waals surface area contributed by atoms with Crippen LogP contribution in [0.25, 0.3) is 10.9 Å². The summed E-state index contributed by atoms with van der Waals surface area (Å²) in [6.45, 7) is 1.45. The highest BCUT2D eigenvalue weighted by Gasteiger charge is 2.09. The Kier molecular flexibility index (Phi) is 2.60. The Labute approximate surface area is 89.3 Å². The van der Waals surface area contributed by atoms with E-state index in [-0.39, 0.29) is 0 Å². The monoisotopic (exact) mass is 204 g/mol. The number of fused-ring (bicyclic) bond motifs is 1. The Morgan fingerprint density at radius 1 is 1.47 bits per heavy atom. The highest BCUT2D eigenvalue weighted by atomic mass is 15.2. The summed E-state index contributed by atoms with van der Waals surface area (Å²) in [5, 5.41) is 1.21. The van der Waals surface area contributed by atoms with Crippen LogP contribution >= 0.6 is 0 Å². The molecule has 0 saturated carbocycles. The lowest BCUT2D eigenvalue weighted by Gasteiger charge is -2.18. The molecule has 0 bridgehead atoms. The molecule has 15 heavy (non-hydrogen) atoms. The Morgan fingerprint density at radius 2 is 2.27 bits per heavy atom. The molecule has 0 aliphatic heterocycles. The van der Waals surface area contributed by atoms with Crippen LogP contribution in [0.5, 0.6) is 0 Å². The molecule has 80 valence electrons. The van der Waals surface area contributed by atoms with Crippen molar-refractivity contribution in [2.24, 2.45) is 12.8 Å². The second kappa shape index (κ2) is 3.90. The van der Waals surface area contributed by atoms with Crippen LogP contribution in [-0.4, -0.2) is 29.7 Å². The number of anilines is 1. The van der Waals surface area contributed by atoms with E-state index >= 15 is 0 Å². The maximum absolute atomic E-state index is 5.55. The molecule has 0 amide bonds. The lowest BCUT2D eigenvalue weighted by Crippen LogP contribution is -2.26. The van der Waals surface area contributed by atoms with E-state index in [4.69, 9.17) is 5.73 Å². The van der Waals surface area contributed by atoms with Crippen molar-refractivity contribution < 1.29 is 0 Å². The van der Waals surface area contributed by atoms with Gasteiger partial charge in [0.1, 0.15) is 0 Å². The van der Waals surface area contributed by atoms with Gasteiger partial charge in [0.2, 0.25) is 0 Å². The van der Waals surface area contributed by atoms with Gasteiger partial charge in [-0.3, -0.25) is 0 Å². The highest BCUT2D eigenvalue weighted by Crippen LogP contribution is 2.23. The van der Waals surface area contributed by atoms with Crippen molar-refractivity contribution in [1.82, 2.24) is 9.55 Å². The van der Waals surface area contributed by atoms with Gasteiger partial charge in [0.15, 0.2) is 5.82 Å². The Bertz CT molecular complexity index is 461. The highest BCUT2D eigenvalue weighted by molar-refractivity contribution is 5.89. The molecule has 2 N–H and O–H groups in total. The van der Waals surface area contributed by atoms with Crippen molar-refractivity contribution in [3.8, 4) is 0 Å². The van der Waals surface area contributed by atoms with Gasteiger partial charge in [0.05, 0.1) is 5.52 Å². The van der Waals surface area contributed by atoms with Crippen LogP contribution in [-0.2, 0) is 7.05 Å². The van der Waals surface area contributed by atoms with Gasteiger partial charge in [0.25, 0.3) is 0 Å². The van der Waals surface area contributed by atoms with E-state index in [0.717, 1.165) is 17.9 Å². The summed E-state index contributed by atoms with van der Waals surface area (Å²) < 4.78 is 2.09. The van der Waals surface area contributed by atoms with E-state index < -0.39 is 0 Å². The Balaban J connectivity index is 2.54. The molecule has 0 aliphatic rings. The van der Waals surface area contributed by atoms with Crippen molar-refractivity contribution in [1.29, 1.82) is 0 Å². The predicted molar refractivity (Wildman–Crippen MR) is 63.0 cm³/mol. The average molecular weight is 204 g/mol. The molecular weight excluding hydrogens is 188 g/mol. The molecule has 0 fully saturated rings. The minimum atomic E-state index is 0.638. The Hall–Kier alpha value is -1.55. The molecule has 0 aliphatic carbocycles. The number of nitrogens with zero attached hydrogens (tertiary/aromatic N) is 3. The van der Waals surface area contributed by atoms with Crippen molar-refractivity contribution in [3.05, 3.63) is 24.5 Å². The van der Waals surface area contributed by atoms with Crippen molar-refractivity contribution in [2.75, 3.05) is 25.0 Å². The fraction of sp³-hybridized carbons (Fsp3) is 0.364. The second-order valence-corrected chi connectivity index (χ2v) is 3.71. The van der Waals surface area contributed by atoms with E-state index in [2.05, 4.69) is 20.5 Å². The van der Waals surface area contributed by atoms with E-state index in [1.807, 2.05) is 32.6 Å². The second-order valence-electron chi connectivity index (χ2n) is 3.71. The van der Waals surface area contributed by atoms with Crippen LogP contribution in [0.1, 0.15) is 0 Å². The summed E-state index contributed by atoms with van der Waals surface area (Å²) >= 11 is 0. The standard InChI is InChI=1S/C11H16N4/c1-14-7-4-9-3-6-13-11(10(9)14)15(2)8-5-12/h3-4,6-7H,5,8,12H2,1-2H3. The quantitative estimate of drug-likeness (QED) is 0.810. The molecule has 0 saturated heterocycles. The molecule has 2 aromatic rings. The molecule has 2 rings (SSSR count). The summed E-state index contributed by atoms with van der Waals surface area (Å²) in [7, 11) is 4.05. The minimum absolute atomic E-state index is 0.638. The number of nitrogens with two attached hydrogens (primary N) is 1. The first-order chi connectivity index (χ1) is 7.24. The maximum Gasteiger partial charge on any atom is 0.152 e. The van der Waals surface area contributed by atoms with Gasteiger partial charge in [-0.05, 0) is 12.1 Å². The lowest BCUT2D eigenvalue weighted by molar-refractivity contribution is 0.863. The third-order valence-corrected chi connectivity index (χ3v) is 2.59. The fourth-order valence-electron chi connectivity index (χ4n) is 1.80. The smallest absolute Gasteiger partial charge is 0.152 e. The first-order valence-corrected chi connectivity index (χ1v) is 5.05. The topological polar surface area (TPSA) is 47.1 Å². The zero-order valence-corrected chi connectivity index (χ0v) is 9.14. The number of pyridine rings is 1. The molecule has 2 heterocycles. The van der Waals surface area contributed by atoms with E-state index in [1.54, 1.807) is 0 Å². The number of aryl methyl sites for hydroxylation is 1. The van der Waals surface area contributed by atoms with Crippen molar-refractivity contribution in [2.45, 2.75) is 0 Å². The van der Waals surface area contributed by atoms with Gasteiger partial charge >= 0.3 is 0 Å². The van der Waals surface area contributed by atoms with Gasteiger partial charge in [-0.2, -0.15) is 0 Å². The molecule has 0 radical (unpaired) electrons. The number of hydrogen-bond acceptors (Lipinski definition) is 3. The van der Waals surface area contributed by atoms with Gasteiger partial charge in [0, 0.05) is 45.0 Å². The molecule has 0 unspecified atom stereocenters. The van der Waals surface area contributed by atoms with Gasteiger partial charge in [-0.25, -0.2) is 4.98 Å². The van der Waals surface area contributed by atoms with Gasteiger partial charge in [-0.1, -0.05) is 0 Å². The Morgan fingerprint density at radius 3 is 3.00 bits per heavy atom. The third-order valence-electron chi connectivity index (χ3n) is 2.59. The van der Waals surface area contributed by atoms with Crippen LogP contribution in [0, 0.1) is 0 Å². The van der Waals surface area contributed by atoms with Crippen LogP contribution < -0.4 is 10.6 Å². The van der Waals surface area contributed by atoms with Crippen LogP contribution in [0.2, 0.25) is 0 Å². The summed E-state index contributed by atoms with van der Waals surface area (Å²) in [6.07, 6.45) is 3.89. The summed E-state index contributed by atoms with van der Waals surface area (Å²) in [5.41, 5.74) is 6.71. The molecule has 4 heteroatoms. The van der Waals surface area contributed by atoms with Crippen LogP contribution in [0.3, 0.4) is 0 Å². The summed E-state index contributed by atoms with van der Waals surface area (Å²) in [5.74, 6) is 0.991. The molecular formula is C11H16N4. The number of rotatable bonds is 3. The zero-order chi connectivity index (χ0) is 10.8. The molecule has 4 nitrogen and oxygen atoms in total. The third kappa shape index (κ3) is 1.68. The molecule has 2 aromatic heterocycles. The minimum Gasteiger partial charge on any atom is -0.357 e. The SMILES string of the molecule is CN(CCN)c1nccc2ccn(C)c12. The number of likely N-dealkylation sites (N-methyl/N-ethyl adjacent to an activating group) is 1. The van der Waals surface area contributed by atoms with E-state index in [9.17, 15) is 0 Å². The van der Waals surface area contributed by atoms with Crippen LogP contribution in [0.4, 0.5) is 5.82 Å². The van der Waals surface area contributed by atoms with Gasteiger partial charge in [-0.15, -0.1) is 0 Å². The van der Waals surface area contributed by atoms with Crippen LogP contribution in [0.15, 0.2) is 24.5 Å². The maximum atomic E-state index is 5.55. The zero-order valence-electron chi connectivity index (χ0n) is 9.14. The molecule has 0 spiro atoms. The number of hydrogen-bond donors (Lipinski definition) is 1. The predicted octanol–water partition coefficient (Wildman–Crippen LogP) is 0.968. The lowest BCUT2D eigenvalue weighted by atomic mass is 10.3. The molecule has 0 atom stereocenters. The van der Waals surface area contributed by atoms with E-state index in [0.29, 0.717) is 6.54 Å². The average Bonchev–Trinajstić information content (AvgIpc) is 2.61.